The second kappa shape index (κ2) is 14.6. The fourth-order valence-electron chi connectivity index (χ4n) is 8.69. The van der Waals surface area contributed by atoms with Gasteiger partial charge in [-0.25, -0.2) is 0 Å². The van der Waals surface area contributed by atoms with Gasteiger partial charge in [-0.05, 0) is 104 Å². The van der Waals surface area contributed by atoms with E-state index in [-0.39, 0.29) is 35.7 Å². The molecule has 0 aromatic heterocycles. The first-order chi connectivity index (χ1) is 21.8. The summed E-state index contributed by atoms with van der Waals surface area (Å²) >= 11 is 0. The summed E-state index contributed by atoms with van der Waals surface area (Å²) in [5.41, 5.74) is -3.91. The molecule has 1 N–H and O–H groups in total. The number of fused-ring (bicyclic) bond motifs is 6. The third kappa shape index (κ3) is 7.79. The summed E-state index contributed by atoms with van der Waals surface area (Å²) < 4.78 is 39.2. The van der Waals surface area contributed by atoms with Crippen LogP contribution in [0.3, 0.4) is 0 Å². The van der Waals surface area contributed by atoms with Crippen molar-refractivity contribution in [3.63, 3.8) is 0 Å². The van der Waals surface area contributed by atoms with E-state index in [4.69, 9.17) is 28.4 Å². The van der Waals surface area contributed by atoms with Crippen molar-refractivity contribution in [1.82, 2.24) is 4.90 Å². The topological polar surface area (TPSA) is 113 Å². The Morgan fingerprint density at radius 2 is 1.60 bits per heavy atom. The molecule has 1 saturated carbocycles. The van der Waals surface area contributed by atoms with Crippen LogP contribution in [0.1, 0.15) is 94.9 Å². The number of carbonyl (C=O) groups excluding carboxylic acids is 2. The van der Waals surface area contributed by atoms with Crippen molar-refractivity contribution in [1.29, 1.82) is 0 Å². The minimum Gasteiger partial charge on any atom is -0.458 e. The molecule has 15 atom stereocenters. The zero-order chi connectivity index (χ0) is 35.2. The highest BCUT2D eigenvalue weighted by molar-refractivity contribution is 6.04. The van der Waals surface area contributed by atoms with Crippen molar-refractivity contribution in [2.75, 3.05) is 34.4 Å². The molecule has 4 aliphatic rings. The van der Waals surface area contributed by atoms with Gasteiger partial charge in [0.2, 0.25) is 0 Å². The maximum absolute atomic E-state index is 14.6. The van der Waals surface area contributed by atoms with Gasteiger partial charge in [0, 0.05) is 19.1 Å². The Morgan fingerprint density at radius 3 is 2.19 bits per heavy atom. The largest absolute Gasteiger partial charge is 0.458 e. The van der Waals surface area contributed by atoms with Crippen LogP contribution in [0.25, 0.3) is 0 Å². The molecule has 3 unspecified atom stereocenters. The minimum atomic E-state index is -1.53. The normalized spacial score (nSPS) is 48.4. The second-order valence-corrected chi connectivity index (χ2v) is 16.7. The Balaban J connectivity index is 1.87. The summed E-state index contributed by atoms with van der Waals surface area (Å²) in [6.07, 6.45) is -0.758. The van der Waals surface area contributed by atoms with Gasteiger partial charge in [-0.15, -0.1) is 0 Å². The van der Waals surface area contributed by atoms with Gasteiger partial charge < -0.3 is 38.4 Å². The number of nitrogens with zero attached hydrogens (tertiary/aromatic N) is 1. The quantitative estimate of drug-likeness (QED) is 0.322. The molecular formula is C37H65NO9. The molecule has 0 amide bonds. The molecule has 1 aliphatic carbocycles. The third-order valence-corrected chi connectivity index (χ3v) is 12.4. The van der Waals surface area contributed by atoms with Crippen LogP contribution in [-0.2, 0) is 38.0 Å². The lowest BCUT2D eigenvalue weighted by Crippen LogP contribution is -2.61. The van der Waals surface area contributed by atoms with Gasteiger partial charge in [-0.2, -0.15) is 0 Å². The number of ketones is 1. The smallest absolute Gasteiger partial charge is 0.319 e. The van der Waals surface area contributed by atoms with Gasteiger partial charge in [0.1, 0.15) is 23.2 Å². The van der Waals surface area contributed by atoms with Crippen LogP contribution in [0.5, 0.6) is 0 Å². The summed E-state index contributed by atoms with van der Waals surface area (Å²) in [6, 6.07) is 0.0393. The lowest BCUT2D eigenvalue weighted by Gasteiger charge is -2.50. The monoisotopic (exact) mass is 667 g/mol. The number of cyclic esters (lactones) is 1. The van der Waals surface area contributed by atoms with E-state index in [1.54, 1.807) is 27.9 Å². The number of esters is 1. The molecule has 47 heavy (non-hydrogen) atoms. The molecule has 10 nitrogen and oxygen atoms in total. The van der Waals surface area contributed by atoms with Crippen molar-refractivity contribution < 1.29 is 43.1 Å². The number of carbonyl (C=O) groups is 2. The predicted molar refractivity (Wildman–Crippen MR) is 179 cm³/mol. The van der Waals surface area contributed by atoms with Crippen LogP contribution < -0.4 is 0 Å². The molecule has 0 spiro atoms. The van der Waals surface area contributed by atoms with Crippen LogP contribution in [0, 0.1) is 40.9 Å². The zero-order valence-corrected chi connectivity index (χ0v) is 31.4. The standard InChI is InChI=1S/C37H65NO9/c1-14-28-37(10,41)32-23(5)22(4)20(2)17-36(9,44-19-26-16-25(26)18-43-32)31(24(6)30(39)35(7,8)34(40)46-28)47-33-29(42-13)27(38(11)12)15-21(3)45-33/h20-29,31-33,41H,14-19H2,1-13H3/t20-,21-,22?,23+,24+,25?,26?,27+,28-,29-,31-,32-,33+,36+,37-/m1/s1. The van der Waals surface area contributed by atoms with Gasteiger partial charge in [-0.3, -0.25) is 9.59 Å². The average molecular weight is 668 g/mol. The van der Waals surface area contributed by atoms with E-state index < -0.39 is 59.2 Å². The first kappa shape index (κ1) is 38.7. The van der Waals surface area contributed by atoms with E-state index >= 15 is 0 Å². The van der Waals surface area contributed by atoms with Crippen molar-refractivity contribution in [2.45, 2.75) is 149 Å². The summed E-state index contributed by atoms with van der Waals surface area (Å²) in [5.74, 6) is -1.05. The molecule has 10 heteroatoms. The van der Waals surface area contributed by atoms with Crippen LogP contribution in [0.4, 0.5) is 0 Å². The maximum atomic E-state index is 14.6. The van der Waals surface area contributed by atoms with Gasteiger partial charge in [0.05, 0.1) is 37.1 Å². The summed E-state index contributed by atoms with van der Waals surface area (Å²) in [6.45, 7) is 20.3. The van der Waals surface area contributed by atoms with Gasteiger partial charge in [0.25, 0.3) is 0 Å². The number of hydrogen-bond donors (Lipinski definition) is 1. The Kier molecular flexibility index (Phi) is 12.0. The summed E-state index contributed by atoms with van der Waals surface area (Å²) in [4.78, 5) is 30.7. The molecule has 4 rings (SSSR count). The molecule has 0 aromatic carbocycles. The van der Waals surface area contributed by atoms with Crippen molar-refractivity contribution in [3.05, 3.63) is 0 Å². The van der Waals surface area contributed by atoms with E-state index in [9.17, 15) is 14.7 Å². The highest BCUT2D eigenvalue weighted by Crippen LogP contribution is 2.47. The number of likely N-dealkylation sites (N-methyl/N-ethyl adjacent to an activating group) is 1. The van der Waals surface area contributed by atoms with Crippen molar-refractivity contribution in [2.24, 2.45) is 40.9 Å². The molecule has 2 bridgehead atoms. The van der Waals surface area contributed by atoms with Gasteiger partial charge >= 0.3 is 5.97 Å². The summed E-state index contributed by atoms with van der Waals surface area (Å²) in [5, 5.41) is 12.2. The Morgan fingerprint density at radius 1 is 0.957 bits per heavy atom. The minimum absolute atomic E-state index is 0.0393. The van der Waals surface area contributed by atoms with Crippen LogP contribution in [-0.4, -0.2) is 110 Å². The molecular weight excluding hydrogens is 602 g/mol. The lowest BCUT2D eigenvalue weighted by molar-refractivity contribution is -0.302. The average Bonchev–Trinajstić information content (AvgIpc) is 3.76. The first-order valence-electron chi connectivity index (χ1n) is 18.0. The van der Waals surface area contributed by atoms with Crippen molar-refractivity contribution >= 4 is 11.8 Å². The lowest BCUT2D eigenvalue weighted by atomic mass is 9.69. The Bertz CT molecular complexity index is 1100. The van der Waals surface area contributed by atoms with E-state index in [2.05, 4.69) is 32.6 Å². The molecule has 3 saturated heterocycles. The second-order valence-electron chi connectivity index (χ2n) is 16.7. The van der Waals surface area contributed by atoms with Crippen LogP contribution in [0.2, 0.25) is 0 Å². The number of ether oxygens (including phenoxy) is 6. The highest BCUT2D eigenvalue weighted by Gasteiger charge is 2.56. The third-order valence-electron chi connectivity index (χ3n) is 12.4. The fraction of sp³-hybridized carbons (Fsp3) is 0.946. The molecule has 3 aliphatic heterocycles. The molecule has 0 radical (unpaired) electrons. The first-order valence-corrected chi connectivity index (χ1v) is 18.0. The van der Waals surface area contributed by atoms with Crippen LogP contribution in [0.15, 0.2) is 0 Å². The molecule has 0 aromatic rings. The SMILES string of the molecule is CC[C@H]1OC(=O)C(C)(C)C(=O)[C@H](C)[C@@H](O[C@@H]2O[C@H](C)C[C@H](N(C)C)[C@H]2OC)[C@]2(C)C[C@@H](C)C(C)[C@H](C)[C@@H](OCC3CC3CO2)[C@]1(C)O. The van der Waals surface area contributed by atoms with E-state index in [0.29, 0.717) is 37.9 Å². The van der Waals surface area contributed by atoms with Crippen LogP contribution >= 0.6 is 0 Å². The molecule has 272 valence electrons. The Labute approximate surface area is 283 Å². The van der Waals surface area contributed by atoms with Gasteiger partial charge in [-0.1, -0.05) is 34.6 Å². The number of hydrogen-bond acceptors (Lipinski definition) is 10. The zero-order valence-electron chi connectivity index (χ0n) is 31.4. The molecule has 3 heterocycles. The Hall–Kier alpha value is -1.14. The number of methoxy groups -OCH3 is 1. The number of aliphatic hydroxyl groups is 1. The van der Waals surface area contributed by atoms with E-state index in [1.807, 2.05) is 34.9 Å². The van der Waals surface area contributed by atoms with E-state index in [1.165, 1.54) is 0 Å². The maximum Gasteiger partial charge on any atom is 0.319 e. The number of Topliss-reactive ketones (excluding diaryl/α,β-unsaturated/α-hetero) is 1. The summed E-state index contributed by atoms with van der Waals surface area (Å²) in [7, 11) is 5.72. The van der Waals surface area contributed by atoms with Gasteiger partial charge in [0.15, 0.2) is 12.1 Å². The number of rotatable bonds is 5. The molecule has 4 fully saturated rings. The van der Waals surface area contributed by atoms with Crippen molar-refractivity contribution in [3.8, 4) is 0 Å². The highest BCUT2D eigenvalue weighted by atomic mass is 16.7. The van der Waals surface area contributed by atoms with E-state index in [0.717, 1.165) is 12.8 Å². The fourth-order valence-corrected chi connectivity index (χ4v) is 8.69. The predicted octanol–water partition coefficient (Wildman–Crippen LogP) is 4.88.